The van der Waals surface area contributed by atoms with Gasteiger partial charge < -0.3 is 10.2 Å². The van der Waals surface area contributed by atoms with E-state index in [2.05, 4.69) is 11.8 Å². The molecule has 4 heteroatoms. The van der Waals surface area contributed by atoms with E-state index < -0.39 is 11.6 Å². The van der Waals surface area contributed by atoms with Crippen molar-refractivity contribution in [2.75, 3.05) is 13.1 Å². The van der Waals surface area contributed by atoms with Gasteiger partial charge in [0.25, 0.3) is 0 Å². The van der Waals surface area contributed by atoms with Crippen LogP contribution in [0.1, 0.15) is 64.7 Å². The Hall–Kier alpha value is -0.610. The number of carboxylic acid groups (broad SMARTS) is 1. The second-order valence-electron chi connectivity index (χ2n) is 6.69. The van der Waals surface area contributed by atoms with Crippen LogP contribution in [0.5, 0.6) is 0 Å². The van der Waals surface area contributed by atoms with Crippen LogP contribution in [-0.4, -0.2) is 45.8 Å². The number of hydrogen-bond donors (Lipinski definition) is 2. The SMILES string of the molecule is CCN(CC1(O)CCC(C(=O)O)CC1)C1CCCCC1. The number of nitrogens with zero attached hydrogens (tertiary/aromatic N) is 1. The highest BCUT2D eigenvalue weighted by Gasteiger charge is 2.38. The number of carboxylic acids is 1. The molecule has 2 fully saturated rings. The third kappa shape index (κ3) is 3.95. The monoisotopic (exact) mass is 283 g/mol. The molecule has 4 nitrogen and oxygen atoms in total. The zero-order valence-electron chi connectivity index (χ0n) is 12.7. The molecule has 0 aromatic heterocycles. The van der Waals surface area contributed by atoms with Crippen molar-refractivity contribution in [1.29, 1.82) is 0 Å². The lowest BCUT2D eigenvalue weighted by molar-refractivity contribution is -0.145. The average molecular weight is 283 g/mol. The first kappa shape index (κ1) is 15.8. The fraction of sp³-hybridized carbons (Fsp3) is 0.938. The lowest BCUT2D eigenvalue weighted by atomic mass is 9.78. The van der Waals surface area contributed by atoms with Crippen molar-refractivity contribution in [1.82, 2.24) is 4.90 Å². The van der Waals surface area contributed by atoms with E-state index in [1.54, 1.807) is 0 Å². The summed E-state index contributed by atoms with van der Waals surface area (Å²) in [4.78, 5) is 13.4. The van der Waals surface area contributed by atoms with Crippen LogP contribution in [0.2, 0.25) is 0 Å². The molecule has 0 unspecified atom stereocenters. The molecule has 0 aromatic rings. The predicted octanol–water partition coefficient (Wildman–Crippen LogP) is 2.65. The molecule has 0 radical (unpaired) electrons. The topological polar surface area (TPSA) is 60.8 Å². The maximum absolute atomic E-state index is 11.0. The second kappa shape index (κ2) is 6.90. The summed E-state index contributed by atoms with van der Waals surface area (Å²) in [6, 6.07) is 0.620. The minimum atomic E-state index is -0.702. The summed E-state index contributed by atoms with van der Waals surface area (Å²) < 4.78 is 0. The summed E-state index contributed by atoms with van der Waals surface area (Å²) in [7, 11) is 0. The van der Waals surface area contributed by atoms with Gasteiger partial charge >= 0.3 is 5.97 Å². The van der Waals surface area contributed by atoms with Gasteiger partial charge in [0.15, 0.2) is 0 Å². The van der Waals surface area contributed by atoms with E-state index in [-0.39, 0.29) is 5.92 Å². The molecular weight excluding hydrogens is 254 g/mol. The minimum Gasteiger partial charge on any atom is -0.481 e. The number of aliphatic carboxylic acids is 1. The number of aliphatic hydroxyl groups is 1. The number of likely N-dealkylation sites (N-methyl/N-ethyl adjacent to an activating group) is 1. The third-order valence-corrected chi connectivity index (χ3v) is 5.26. The van der Waals surface area contributed by atoms with Gasteiger partial charge in [0, 0.05) is 12.6 Å². The number of carbonyl (C=O) groups is 1. The summed E-state index contributed by atoms with van der Waals surface area (Å²) in [6.45, 7) is 3.87. The van der Waals surface area contributed by atoms with E-state index in [1.165, 1.54) is 32.1 Å². The first-order chi connectivity index (χ1) is 9.54. The van der Waals surface area contributed by atoms with E-state index in [0.717, 1.165) is 13.1 Å². The van der Waals surface area contributed by atoms with Gasteiger partial charge in [-0.1, -0.05) is 26.2 Å². The molecule has 0 atom stereocenters. The fourth-order valence-electron chi connectivity index (χ4n) is 3.88. The average Bonchev–Trinajstić information content (AvgIpc) is 2.46. The van der Waals surface area contributed by atoms with Crippen molar-refractivity contribution in [3.8, 4) is 0 Å². The Morgan fingerprint density at radius 3 is 2.25 bits per heavy atom. The van der Waals surface area contributed by atoms with Crippen molar-refractivity contribution in [3.63, 3.8) is 0 Å². The predicted molar refractivity (Wildman–Crippen MR) is 78.7 cm³/mol. The largest absolute Gasteiger partial charge is 0.481 e. The molecule has 0 heterocycles. The molecule has 0 aromatic carbocycles. The summed E-state index contributed by atoms with van der Waals surface area (Å²) in [5, 5.41) is 19.8. The van der Waals surface area contributed by atoms with Crippen LogP contribution in [0, 0.1) is 5.92 Å². The molecule has 0 saturated heterocycles. The van der Waals surface area contributed by atoms with E-state index in [9.17, 15) is 9.90 Å². The van der Waals surface area contributed by atoms with Crippen LogP contribution in [0.3, 0.4) is 0 Å². The zero-order valence-corrected chi connectivity index (χ0v) is 12.7. The van der Waals surface area contributed by atoms with Gasteiger partial charge in [-0.2, -0.15) is 0 Å². The van der Waals surface area contributed by atoms with Crippen LogP contribution < -0.4 is 0 Å². The highest BCUT2D eigenvalue weighted by molar-refractivity contribution is 5.70. The van der Waals surface area contributed by atoms with Gasteiger partial charge in [-0.25, -0.2) is 0 Å². The van der Waals surface area contributed by atoms with E-state index in [1.807, 2.05) is 0 Å². The molecule has 0 spiro atoms. The van der Waals surface area contributed by atoms with Gasteiger partial charge in [0.05, 0.1) is 11.5 Å². The Bertz CT molecular complexity index is 318. The normalized spacial score (nSPS) is 32.5. The van der Waals surface area contributed by atoms with Crippen molar-refractivity contribution >= 4 is 5.97 Å². The van der Waals surface area contributed by atoms with Crippen LogP contribution in [0.4, 0.5) is 0 Å². The van der Waals surface area contributed by atoms with Gasteiger partial charge in [0.2, 0.25) is 0 Å². The summed E-state index contributed by atoms with van der Waals surface area (Å²) >= 11 is 0. The fourth-order valence-corrected chi connectivity index (χ4v) is 3.88. The van der Waals surface area contributed by atoms with Crippen LogP contribution in [0.15, 0.2) is 0 Å². The van der Waals surface area contributed by atoms with Crippen LogP contribution in [0.25, 0.3) is 0 Å². The molecule has 20 heavy (non-hydrogen) atoms. The molecule has 116 valence electrons. The Morgan fingerprint density at radius 2 is 1.75 bits per heavy atom. The first-order valence-electron chi connectivity index (χ1n) is 8.23. The quantitative estimate of drug-likeness (QED) is 0.814. The molecule has 2 rings (SSSR count). The maximum atomic E-state index is 11.0. The summed E-state index contributed by atoms with van der Waals surface area (Å²) in [5.41, 5.74) is -0.667. The molecular formula is C16H29NO3. The van der Waals surface area contributed by atoms with E-state index >= 15 is 0 Å². The van der Waals surface area contributed by atoms with Crippen LogP contribution in [-0.2, 0) is 4.79 Å². The van der Waals surface area contributed by atoms with E-state index in [0.29, 0.717) is 31.7 Å². The zero-order chi connectivity index (χ0) is 14.6. The van der Waals surface area contributed by atoms with Gasteiger partial charge in [-0.15, -0.1) is 0 Å². The number of hydrogen-bond acceptors (Lipinski definition) is 3. The Morgan fingerprint density at radius 1 is 1.15 bits per heavy atom. The van der Waals surface area contributed by atoms with Gasteiger partial charge in [0.1, 0.15) is 0 Å². The Labute approximate surface area is 122 Å². The van der Waals surface area contributed by atoms with E-state index in [4.69, 9.17) is 5.11 Å². The van der Waals surface area contributed by atoms with Crippen molar-refractivity contribution in [2.45, 2.75) is 76.4 Å². The molecule has 2 aliphatic carbocycles. The molecule has 0 bridgehead atoms. The lowest BCUT2D eigenvalue weighted by Crippen LogP contribution is -2.49. The number of rotatable bonds is 5. The molecule has 2 N–H and O–H groups in total. The summed E-state index contributed by atoms with van der Waals surface area (Å²) in [6.07, 6.45) is 8.96. The highest BCUT2D eigenvalue weighted by Crippen LogP contribution is 2.34. The molecule has 2 saturated carbocycles. The minimum absolute atomic E-state index is 0.250. The van der Waals surface area contributed by atoms with Gasteiger partial charge in [-0.3, -0.25) is 9.69 Å². The second-order valence-corrected chi connectivity index (χ2v) is 6.69. The highest BCUT2D eigenvalue weighted by atomic mass is 16.4. The Kier molecular flexibility index (Phi) is 5.44. The molecule has 0 amide bonds. The van der Waals surface area contributed by atoms with Crippen molar-refractivity contribution in [3.05, 3.63) is 0 Å². The van der Waals surface area contributed by atoms with Crippen molar-refractivity contribution in [2.24, 2.45) is 5.92 Å². The van der Waals surface area contributed by atoms with Gasteiger partial charge in [-0.05, 0) is 45.1 Å². The van der Waals surface area contributed by atoms with Crippen LogP contribution >= 0.6 is 0 Å². The summed E-state index contributed by atoms with van der Waals surface area (Å²) in [5.74, 6) is -0.952. The first-order valence-corrected chi connectivity index (χ1v) is 8.23. The maximum Gasteiger partial charge on any atom is 0.306 e. The smallest absolute Gasteiger partial charge is 0.306 e. The molecule has 2 aliphatic rings. The Balaban J connectivity index is 1.88. The standard InChI is InChI=1S/C16H29NO3/c1-2-17(14-6-4-3-5-7-14)12-16(20)10-8-13(9-11-16)15(18)19/h13-14,20H,2-12H2,1H3,(H,18,19). The van der Waals surface area contributed by atoms with Crippen molar-refractivity contribution < 1.29 is 15.0 Å². The molecule has 0 aliphatic heterocycles. The third-order valence-electron chi connectivity index (χ3n) is 5.26. The lowest BCUT2D eigenvalue weighted by Gasteiger charge is -2.42.